The first-order valence-electron chi connectivity index (χ1n) is 5.88. The van der Waals surface area contributed by atoms with Gasteiger partial charge >= 0.3 is 0 Å². The maximum atomic E-state index is 11.9. The Labute approximate surface area is 113 Å². The number of benzene rings is 1. The molecule has 0 radical (unpaired) electrons. The first kappa shape index (κ1) is 15.5. The quantitative estimate of drug-likeness (QED) is 0.764. The number of amides is 1. The van der Waals surface area contributed by atoms with Gasteiger partial charge in [0.2, 0.25) is 10.0 Å². The smallest absolute Gasteiger partial charge is 0.255 e. The summed E-state index contributed by atoms with van der Waals surface area (Å²) in [5.41, 5.74) is 5.60. The van der Waals surface area contributed by atoms with Crippen molar-refractivity contribution in [3.63, 3.8) is 0 Å². The number of hydrogen-bond donors (Lipinski definition) is 2. The molecule has 6 nitrogen and oxygen atoms in total. The maximum absolute atomic E-state index is 11.9. The molecule has 0 aromatic heterocycles. The minimum Gasteiger partial charge on any atom is -0.484 e. The van der Waals surface area contributed by atoms with E-state index in [1.54, 1.807) is 6.92 Å². The largest absolute Gasteiger partial charge is 0.484 e. The summed E-state index contributed by atoms with van der Waals surface area (Å²) in [6, 6.07) is 4.44. The summed E-state index contributed by atoms with van der Waals surface area (Å²) >= 11 is 0. The zero-order chi connectivity index (χ0) is 14.5. The standard InChI is InChI=1S/C12H18N2O4S/c1-3-6-14-19(16,17)10-4-5-11(9(2)7-10)18-8-12(13)15/h4-5,7,14H,3,6,8H2,1-2H3,(H2,13,15). The summed E-state index contributed by atoms with van der Waals surface area (Å²) in [5.74, 6) is -0.144. The van der Waals surface area contributed by atoms with Gasteiger partial charge in [0.05, 0.1) is 4.90 Å². The monoisotopic (exact) mass is 286 g/mol. The third-order valence-electron chi connectivity index (χ3n) is 2.37. The van der Waals surface area contributed by atoms with Crippen LogP contribution >= 0.6 is 0 Å². The zero-order valence-corrected chi connectivity index (χ0v) is 11.8. The van der Waals surface area contributed by atoms with Gasteiger partial charge in [-0.3, -0.25) is 4.79 Å². The number of sulfonamides is 1. The Balaban J connectivity index is 2.90. The molecule has 0 atom stereocenters. The van der Waals surface area contributed by atoms with Gasteiger partial charge in [-0.1, -0.05) is 6.92 Å². The Morgan fingerprint density at radius 2 is 2.11 bits per heavy atom. The number of ether oxygens (including phenoxy) is 1. The molecule has 1 aromatic carbocycles. The first-order valence-corrected chi connectivity index (χ1v) is 7.36. The lowest BCUT2D eigenvalue weighted by atomic mass is 10.2. The minimum atomic E-state index is -3.49. The number of rotatable bonds is 7. The molecule has 0 unspecified atom stereocenters. The molecular weight excluding hydrogens is 268 g/mol. The summed E-state index contributed by atoms with van der Waals surface area (Å²) in [4.78, 5) is 10.8. The van der Waals surface area contributed by atoms with E-state index in [2.05, 4.69) is 4.72 Å². The molecule has 1 amide bonds. The lowest BCUT2D eigenvalue weighted by Gasteiger charge is -2.10. The lowest BCUT2D eigenvalue weighted by Crippen LogP contribution is -2.24. The average molecular weight is 286 g/mol. The van der Waals surface area contributed by atoms with Crippen LogP contribution in [0.15, 0.2) is 23.1 Å². The number of carbonyl (C=O) groups excluding carboxylic acids is 1. The molecule has 1 rings (SSSR count). The first-order chi connectivity index (χ1) is 8.86. The second-order valence-electron chi connectivity index (χ2n) is 4.08. The third-order valence-corrected chi connectivity index (χ3v) is 3.83. The highest BCUT2D eigenvalue weighted by Crippen LogP contribution is 2.21. The van der Waals surface area contributed by atoms with Gasteiger partial charge in [0.1, 0.15) is 5.75 Å². The maximum Gasteiger partial charge on any atom is 0.255 e. The summed E-state index contributed by atoms with van der Waals surface area (Å²) in [5, 5.41) is 0. The molecule has 0 saturated carbocycles. The van der Waals surface area contributed by atoms with Gasteiger partial charge in [-0.05, 0) is 37.1 Å². The highest BCUT2D eigenvalue weighted by molar-refractivity contribution is 7.89. The van der Waals surface area contributed by atoms with Crippen molar-refractivity contribution in [3.8, 4) is 5.75 Å². The molecule has 0 heterocycles. The van der Waals surface area contributed by atoms with Gasteiger partial charge in [0.25, 0.3) is 5.91 Å². The van der Waals surface area contributed by atoms with E-state index < -0.39 is 15.9 Å². The van der Waals surface area contributed by atoms with Crippen molar-refractivity contribution in [3.05, 3.63) is 23.8 Å². The molecule has 1 aromatic rings. The molecule has 3 N–H and O–H groups in total. The van der Waals surface area contributed by atoms with Crippen molar-refractivity contribution < 1.29 is 17.9 Å². The zero-order valence-electron chi connectivity index (χ0n) is 11.0. The molecule has 0 aliphatic carbocycles. The van der Waals surface area contributed by atoms with Crippen LogP contribution in [0.3, 0.4) is 0 Å². The van der Waals surface area contributed by atoms with Gasteiger partial charge in [-0.2, -0.15) is 0 Å². The van der Waals surface area contributed by atoms with Crippen LogP contribution in [-0.4, -0.2) is 27.5 Å². The van der Waals surface area contributed by atoms with E-state index in [-0.39, 0.29) is 11.5 Å². The predicted octanol–water partition coefficient (Wildman–Crippen LogP) is 0.547. The summed E-state index contributed by atoms with van der Waals surface area (Å²) in [6.07, 6.45) is 0.720. The van der Waals surface area contributed by atoms with Crippen LogP contribution in [0.4, 0.5) is 0 Å². The molecule has 0 fully saturated rings. The van der Waals surface area contributed by atoms with E-state index in [9.17, 15) is 13.2 Å². The summed E-state index contributed by atoms with van der Waals surface area (Å²) in [6.45, 7) is 3.74. The fourth-order valence-corrected chi connectivity index (χ4v) is 2.64. The Kier molecular flexibility index (Phi) is 5.31. The van der Waals surface area contributed by atoms with Crippen molar-refractivity contribution in [2.45, 2.75) is 25.2 Å². The number of aryl methyl sites for hydroxylation is 1. The van der Waals surface area contributed by atoms with E-state index in [0.717, 1.165) is 6.42 Å². The van der Waals surface area contributed by atoms with Crippen LogP contribution in [0.2, 0.25) is 0 Å². The van der Waals surface area contributed by atoms with Gasteiger partial charge < -0.3 is 10.5 Å². The second kappa shape index (κ2) is 6.53. The van der Waals surface area contributed by atoms with Crippen LogP contribution in [0.25, 0.3) is 0 Å². The van der Waals surface area contributed by atoms with Gasteiger partial charge in [-0.15, -0.1) is 0 Å². The molecular formula is C12H18N2O4S. The summed E-state index contributed by atoms with van der Waals surface area (Å²) in [7, 11) is -3.49. The van der Waals surface area contributed by atoms with E-state index in [1.165, 1.54) is 18.2 Å². The topological polar surface area (TPSA) is 98.5 Å². The minimum absolute atomic E-state index is 0.171. The Bertz CT molecular complexity index is 555. The van der Waals surface area contributed by atoms with Gasteiger partial charge in [-0.25, -0.2) is 13.1 Å². The Morgan fingerprint density at radius 3 is 2.63 bits per heavy atom. The SMILES string of the molecule is CCCNS(=O)(=O)c1ccc(OCC(N)=O)c(C)c1. The molecule has 106 valence electrons. The number of nitrogens with two attached hydrogens (primary N) is 1. The van der Waals surface area contributed by atoms with Crippen molar-refractivity contribution in [2.75, 3.05) is 13.2 Å². The number of hydrogen-bond acceptors (Lipinski definition) is 4. The van der Waals surface area contributed by atoms with Crippen molar-refractivity contribution in [1.29, 1.82) is 0 Å². The number of primary amides is 1. The predicted molar refractivity (Wildman–Crippen MR) is 71.3 cm³/mol. The molecule has 0 bridgehead atoms. The van der Waals surface area contributed by atoms with Crippen LogP contribution < -0.4 is 15.2 Å². The summed E-state index contributed by atoms with van der Waals surface area (Å²) < 4.78 is 31.4. The van der Waals surface area contributed by atoms with Crippen molar-refractivity contribution >= 4 is 15.9 Å². The van der Waals surface area contributed by atoms with Crippen LogP contribution in [0, 0.1) is 6.92 Å². The molecule has 19 heavy (non-hydrogen) atoms. The van der Waals surface area contributed by atoms with Crippen LogP contribution in [0.5, 0.6) is 5.75 Å². The van der Waals surface area contributed by atoms with E-state index in [1.807, 2.05) is 6.92 Å². The van der Waals surface area contributed by atoms with E-state index in [4.69, 9.17) is 10.5 Å². The normalized spacial score (nSPS) is 11.3. The highest BCUT2D eigenvalue weighted by atomic mass is 32.2. The lowest BCUT2D eigenvalue weighted by molar-refractivity contribution is -0.119. The average Bonchev–Trinajstić information content (AvgIpc) is 2.34. The third kappa shape index (κ3) is 4.53. The molecule has 0 spiro atoms. The fraction of sp³-hybridized carbons (Fsp3) is 0.417. The van der Waals surface area contributed by atoms with Gasteiger partial charge in [0, 0.05) is 6.54 Å². The molecule has 0 saturated heterocycles. The highest BCUT2D eigenvalue weighted by Gasteiger charge is 2.14. The van der Waals surface area contributed by atoms with Crippen LogP contribution in [-0.2, 0) is 14.8 Å². The van der Waals surface area contributed by atoms with E-state index in [0.29, 0.717) is 17.9 Å². The van der Waals surface area contributed by atoms with Crippen molar-refractivity contribution in [2.24, 2.45) is 5.73 Å². The number of nitrogens with one attached hydrogen (secondary N) is 1. The Morgan fingerprint density at radius 1 is 1.42 bits per heavy atom. The fourth-order valence-electron chi connectivity index (χ4n) is 1.42. The molecule has 0 aliphatic rings. The Hall–Kier alpha value is -1.60. The second-order valence-corrected chi connectivity index (χ2v) is 5.85. The molecule has 7 heteroatoms. The van der Waals surface area contributed by atoms with Crippen LogP contribution in [0.1, 0.15) is 18.9 Å². The number of carbonyl (C=O) groups is 1. The molecule has 0 aliphatic heterocycles. The van der Waals surface area contributed by atoms with Gasteiger partial charge in [0.15, 0.2) is 6.61 Å². The van der Waals surface area contributed by atoms with Crippen molar-refractivity contribution in [1.82, 2.24) is 4.72 Å². The van der Waals surface area contributed by atoms with E-state index >= 15 is 0 Å².